The van der Waals surface area contributed by atoms with Gasteiger partial charge in [-0.1, -0.05) is 37.8 Å². The Balaban J connectivity index is 1.90. The van der Waals surface area contributed by atoms with Gasteiger partial charge >= 0.3 is 0 Å². The topological polar surface area (TPSA) is 17.8 Å². The number of aromatic nitrogens is 2. The van der Waals surface area contributed by atoms with Crippen LogP contribution in [-0.4, -0.2) is 15.4 Å². The summed E-state index contributed by atoms with van der Waals surface area (Å²) in [5.41, 5.74) is 3.75. The number of benzene rings is 1. The zero-order valence-electron chi connectivity index (χ0n) is 12.2. The lowest BCUT2D eigenvalue weighted by molar-refractivity contribution is 0.457. The van der Waals surface area contributed by atoms with Crippen LogP contribution in [0.2, 0.25) is 0 Å². The first kappa shape index (κ1) is 13.9. The predicted octanol–water partition coefficient (Wildman–Crippen LogP) is 4.71. The molecule has 2 aromatic rings. The highest BCUT2D eigenvalue weighted by molar-refractivity contribution is 6.17. The van der Waals surface area contributed by atoms with Gasteiger partial charge in [0.2, 0.25) is 0 Å². The fraction of sp³-hybridized carbons (Fsp3) is 0.588. The average Bonchev–Trinajstić information content (AvgIpc) is 3.05. The minimum atomic E-state index is 0.645. The molecule has 0 saturated heterocycles. The van der Waals surface area contributed by atoms with E-state index in [1.165, 1.54) is 43.2 Å². The molecule has 3 heteroatoms. The smallest absolute Gasteiger partial charge is 0.111 e. The summed E-state index contributed by atoms with van der Waals surface area (Å²) < 4.78 is 2.42. The molecule has 1 aromatic carbocycles. The first-order valence-electron chi connectivity index (χ1n) is 7.80. The van der Waals surface area contributed by atoms with Crippen LogP contribution in [0.3, 0.4) is 0 Å². The van der Waals surface area contributed by atoms with Crippen molar-refractivity contribution in [2.45, 2.75) is 52.0 Å². The van der Waals surface area contributed by atoms with Crippen LogP contribution in [0.25, 0.3) is 11.0 Å². The Labute approximate surface area is 126 Å². The molecule has 1 heterocycles. The van der Waals surface area contributed by atoms with Gasteiger partial charge in [-0.2, -0.15) is 0 Å². The highest BCUT2D eigenvalue weighted by atomic mass is 35.5. The molecule has 0 spiro atoms. The summed E-state index contributed by atoms with van der Waals surface area (Å²) in [5, 5.41) is 0. The number of nitrogens with zero attached hydrogens (tertiary/aromatic N) is 2. The number of aryl methyl sites for hydroxylation is 3. The van der Waals surface area contributed by atoms with Crippen LogP contribution in [-0.2, 0) is 13.0 Å². The molecule has 0 N–H and O–H groups in total. The molecular formula is C17H23ClN2. The van der Waals surface area contributed by atoms with E-state index in [2.05, 4.69) is 29.7 Å². The molecule has 20 heavy (non-hydrogen) atoms. The van der Waals surface area contributed by atoms with Crippen molar-refractivity contribution >= 4 is 22.6 Å². The second-order valence-electron chi connectivity index (χ2n) is 6.00. The summed E-state index contributed by atoms with van der Waals surface area (Å²) in [6, 6.07) is 6.39. The minimum Gasteiger partial charge on any atom is -0.328 e. The average molecular weight is 291 g/mol. The van der Waals surface area contributed by atoms with Crippen LogP contribution in [0.4, 0.5) is 0 Å². The number of halogens is 1. The molecule has 1 aliphatic carbocycles. The maximum atomic E-state index is 5.95. The Hall–Kier alpha value is -1.02. The lowest BCUT2D eigenvalue weighted by Crippen LogP contribution is -2.08. The van der Waals surface area contributed by atoms with Gasteiger partial charge in [-0.25, -0.2) is 4.98 Å². The number of imidazole rings is 1. The van der Waals surface area contributed by atoms with Crippen molar-refractivity contribution in [3.05, 3.63) is 29.6 Å². The van der Waals surface area contributed by atoms with Crippen LogP contribution in [0, 0.1) is 12.8 Å². The van der Waals surface area contributed by atoms with Crippen LogP contribution < -0.4 is 0 Å². The summed E-state index contributed by atoms with van der Waals surface area (Å²) in [7, 11) is 0. The first-order valence-corrected chi connectivity index (χ1v) is 8.33. The van der Waals surface area contributed by atoms with E-state index in [0.29, 0.717) is 5.88 Å². The highest BCUT2D eigenvalue weighted by Gasteiger charge is 2.17. The van der Waals surface area contributed by atoms with Gasteiger partial charge in [0.25, 0.3) is 0 Å². The summed E-state index contributed by atoms with van der Waals surface area (Å²) >= 11 is 5.95. The number of rotatable bonds is 5. The zero-order valence-corrected chi connectivity index (χ0v) is 13.0. The molecule has 0 atom stereocenters. The first-order chi connectivity index (χ1) is 9.79. The quantitative estimate of drug-likeness (QED) is 0.730. The maximum Gasteiger partial charge on any atom is 0.111 e. The van der Waals surface area contributed by atoms with Gasteiger partial charge < -0.3 is 4.57 Å². The SMILES string of the molecule is Cc1cccc2nc(CCCl)n(CCC3CCCC3)c12. The Morgan fingerprint density at radius 1 is 1.30 bits per heavy atom. The van der Waals surface area contributed by atoms with Crippen molar-refractivity contribution in [1.29, 1.82) is 0 Å². The predicted molar refractivity (Wildman–Crippen MR) is 85.5 cm³/mol. The van der Waals surface area contributed by atoms with Crippen LogP contribution >= 0.6 is 11.6 Å². The van der Waals surface area contributed by atoms with E-state index in [0.717, 1.165) is 30.2 Å². The third kappa shape index (κ3) is 2.71. The van der Waals surface area contributed by atoms with Gasteiger partial charge in [0.1, 0.15) is 5.82 Å². The van der Waals surface area contributed by atoms with Gasteiger partial charge in [-0.05, 0) is 30.9 Å². The third-order valence-electron chi connectivity index (χ3n) is 4.60. The highest BCUT2D eigenvalue weighted by Crippen LogP contribution is 2.29. The Kier molecular flexibility index (Phi) is 4.30. The van der Waals surface area contributed by atoms with E-state index < -0.39 is 0 Å². The number of hydrogen-bond donors (Lipinski definition) is 0. The Morgan fingerprint density at radius 3 is 2.85 bits per heavy atom. The maximum absolute atomic E-state index is 5.95. The van der Waals surface area contributed by atoms with Crippen molar-refractivity contribution in [3.63, 3.8) is 0 Å². The van der Waals surface area contributed by atoms with Crippen molar-refractivity contribution in [3.8, 4) is 0 Å². The van der Waals surface area contributed by atoms with Crippen LogP contribution in [0.5, 0.6) is 0 Å². The molecule has 0 unspecified atom stereocenters. The van der Waals surface area contributed by atoms with E-state index in [4.69, 9.17) is 16.6 Å². The van der Waals surface area contributed by atoms with Crippen LogP contribution in [0.1, 0.15) is 43.5 Å². The van der Waals surface area contributed by atoms with E-state index >= 15 is 0 Å². The van der Waals surface area contributed by atoms with E-state index in [1.807, 2.05) is 0 Å². The Bertz CT molecular complexity index is 582. The molecule has 0 aliphatic heterocycles. The van der Waals surface area contributed by atoms with Crippen molar-refractivity contribution in [1.82, 2.24) is 9.55 Å². The van der Waals surface area contributed by atoms with Crippen LogP contribution in [0.15, 0.2) is 18.2 Å². The molecule has 3 rings (SSSR count). The molecule has 1 aromatic heterocycles. The molecular weight excluding hydrogens is 268 g/mol. The summed E-state index contributed by atoms with van der Waals surface area (Å²) in [4.78, 5) is 4.79. The molecule has 108 valence electrons. The van der Waals surface area contributed by atoms with Gasteiger partial charge in [-0.3, -0.25) is 0 Å². The lowest BCUT2D eigenvalue weighted by atomic mass is 10.0. The van der Waals surface area contributed by atoms with Gasteiger partial charge in [0.15, 0.2) is 0 Å². The summed E-state index contributed by atoms with van der Waals surface area (Å²) in [6.07, 6.45) is 7.81. The molecule has 0 bridgehead atoms. The zero-order chi connectivity index (χ0) is 13.9. The summed E-state index contributed by atoms with van der Waals surface area (Å²) in [6.45, 7) is 3.28. The molecule has 1 fully saturated rings. The molecule has 1 saturated carbocycles. The molecule has 1 aliphatic rings. The van der Waals surface area contributed by atoms with Crippen molar-refractivity contribution in [2.24, 2.45) is 5.92 Å². The number of hydrogen-bond acceptors (Lipinski definition) is 1. The molecule has 0 radical (unpaired) electrons. The fourth-order valence-corrected chi connectivity index (χ4v) is 3.71. The van der Waals surface area contributed by atoms with E-state index in [1.54, 1.807) is 0 Å². The van der Waals surface area contributed by atoms with Gasteiger partial charge in [0, 0.05) is 18.8 Å². The third-order valence-corrected chi connectivity index (χ3v) is 4.79. The minimum absolute atomic E-state index is 0.645. The van der Waals surface area contributed by atoms with Gasteiger partial charge in [0.05, 0.1) is 11.0 Å². The molecule has 2 nitrogen and oxygen atoms in total. The lowest BCUT2D eigenvalue weighted by Gasteiger charge is -2.13. The van der Waals surface area contributed by atoms with Crippen molar-refractivity contribution < 1.29 is 0 Å². The number of alkyl halides is 1. The normalized spacial score (nSPS) is 16.3. The Morgan fingerprint density at radius 2 is 2.10 bits per heavy atom. The second-order valence-corrected chi connectivity index (χ2v) is 6.38. The standard InChI is InChI=1S/C17H23ClN2/c1-13-5-4-8-15-17(13)20(16(19-15)9-11-18)12-10-14-6-2-3-7-14/h4-5,8,14H,2-3,6-7,9-12H2,1H3. The van der Waals surface area contributed by atoms with E-state index in [-0.39, 0.29) is 0 Å². The summed E-state index contributed by atoms with van der Waals surface area (Å²) in [5.74, 6) is 2.72. The van der Waals surface area contributed by atoms with Crippen molar-refractivity contribution in [2.75, 3.05) is 5.88 Å². The second kappa shape index (κ2) is 6.17. The number of fused-ring (bicyclic) bond motifs is 1. The number of para-hydroxylation sites is 1. The molecule has 0 amide bonds. The monoisotopic (exact) mass is 290 g/mol. The van der Waals surface area contributed by atoms with E-state index in [9.17, 15) is 0 Å². The fourth-order valence-electron chi connectivity index (χ4n) is 3.54. The van der Waals surface area contributed by atoms with Gasteiger partial charge in [-0.15, -0.1) is 11.6 Å². The largest absolute Gasteiger partial charge is 0.328 e.